The number of ether oxygens (including phenoxy) is 1. The van der Waals surface area contributed by atoms with Crippen LogP contribution in [-0.2, 0) is 11.2 Å². The summed E-state index contributed by atoms with van der Waals surface area (Å²) in [5, 5.41) is 16.6. The number of aliphatic hydroxyl groups is 1. The largest absolute Gasteiger partial charge is 0.489 e. The van der Waals surface area contributed by atoms with Gasteiger partial charge in [-0.2, -0.15) is 9.78 Å². The summed E-state index contributed by atoms with van der Waals surface area (Å²) in [5.41, 5.74) is 1.71. The number of aromatic nitrogens is 3. The number of hydrogen-bond donors (Lipinski definition) is 2. The summed E-state index contributed by atoms with van der Waals surface area (Å²) >= 11 is 0. The molecule has 0 unspecified atom stereocenters. The molecule has 3 aromatic rings. The number of likely N-dealkylation sites (N-methyl/N-ethyl adjacent to an activating group) is 1. The minimum atomic E-state index is -1.13. The van der Waals surface area contributed by atoms with Crippen LogP contribution < -0.4 is 15.0 Å². The number of rotatable bonds is 3. The van der Waals surface area contributed by atoms with Gasteiger partial charge in [-0.05, 0) is 49.7 Å². The highest BCUT2D eigenvalue weighted by Gasteiger charge is 2.31. The second kappa shape index (κ2) is 9.37. The van der Waals surface area contributed by atoms with Crippen molar-refractivity contribution in [1.82, 2.24) is 20.1 Å². The third-order valence-electron chi connectivity index (χ3n) is 5.12. The molecule has 2 N–H and O–H groups in total. The van der Waals surface area contributed by atoms with Crippen LogP contribution in [0.15, 0.2) is 55.0 Å². The van der Waals surface area contributed by atoms with Crippen LogP contribution in [-0.4, -0.2) is 57.1 Å². The number of pyridine rings is 1. The molecule has 2 aromatic heterocycles. The van der Waals surface area contributed by atoms with Crippen LogP contribution in [0, 0.1) is 11.8 Å². The van der Waals surface area contributed by atoms with Crippen molar-refractivity contribution < 1.29 is 19.4 Å². The highest BCUT2D eigenvalue weighted by Crippen LogP contribution is 2.31. The summed E-state index contributed by atoms with van der Waals surface area (Å²) in [4.78, 5) is 31.5. The Kier molecular flexibility index (Phi) is 6.34. The number of carbonyl (C=O) groups excluding carboxylic acids is 2. The molecule has 174 valence electrons. The zero-order valence-corrected chi connectivity index (χ0v) is 19.1. The van der Waals surface area contributed by atoms with E-state index in [9.17, 15) is 14.7 Å². The van der Waals surface area contributed by atoms with Gasteiger partial charge in [-0.15, -0.1) is 0 Å². The van der Waals surface area contributed by atoms with Gasteiger partial charge in [0.1, 0.15) is 24.0 Å². The molecule has 0 spiro atoms. The van der Waals surface area contributed by atoms with Crippen molar-refractivity contribution in [3.05, 3.63) is 71.8 Å². The monoisotopic (exact) mass is 459 g/mol. The summed E-state index contributed by atoms with van der Waals surface area (Å²) in [6, 6.07) is 9.38. The summed E-state index contributed by atoms with van der Waals surface area (Å²) in [7, 11) is 1.61. The highest BCUT2D eigenvalue weighted by molar-refractivity contribution is 6.00. The van der Waals surface area contributed by atoms with Gasteiger partial charge in [0.05, 0.1) is 11.9 Å². The third-order valence-corrected chi connectivity index (χ3v) is 5.12. The zero-order valence-electron chi connectivity index (χ0n) is 19.1. The summed E-state index contributed by atoms with van der Waals surface area (Å²) in [6.07, 6.45) is 5.45. The van der Waals surface area contributed by atoms with E-state index in [4.69, 9.17) is 4.74 Å². The van der Waals surface area contributed by atoms with E-state index in [1.165, 1.54) is 4.90 Å². The Morgan fingerprint density at radius 2 is 2.15 bits per heavy atom. The lowest BCUT2D eigenvalue weighted by atomic mass is 10.1. The predicted octanol–water partition coefficient (Wildman–Crippen LogP) is 1.97. The first-order valence-corrected chi connectivity index (χ1v) is 10.7. The molecule has 1 aromatic carbocycles. The minimum absolute atomic E-state index is 0.0291. The molecule has 0 saturated carbocycles. The molecule has 1 aliphatic heterocycles. The summed E-state index contributed by atoms with van der Waals surface area (Å²) < 4.78 is 6.97. The molecule has 9 heteroatoms. The molecule has 0 radical (unpaired) electrons. The number of fused-ring (bicyclic) bond motifs is 1. The van der Waals surface area contributed by atoms with Gasteiger partial charge in [0.25, 0.3) is 5.91 Å². The van der Waals surface area contributed by atoms with Crippen LogP contribution >= 0.6 is 0 Å². The van der Waals surface area contributed by atoms with E-state index in [0.717, 1.165) is 15.9 Å². The summed E-state index contributed by atoms with van der Waals surface area (Å²) in [6.45, 7) is 3.16. The lowest BCUT2D eigenvalue weighted by molar-refractivity contribution is -0.120. The van der Waals surface area contributed by atoms with Crippen molar-refractivity contribution in [2.45, 2.75) is 31.9 Å². The molecular formula is C25H25N5O4. The Labute approximate surface area is 197 Å². The molecule has 0 saturated heterocycles. The van der Waals surface area contributed by atoms with Gasteiger partial charge in [-0.3, -0.25) is 9.78 Å². The van der Waals surface area contributed by atoms with Crippen LogP contribution in [0.25, 0.3) is 0 Å². The van der Waals surface area contributed by atoms with Crippen LogP contribution in [0.5, 0.6) is 5.75 Å². The van der Waals surface area contributed by atoms with Crippen molar-refractivity contribution in [2.24, 2.45) is 0 Å². The first-order valence-electron chi connectivity index (χ1n) is 10.7. The number of nitrogens with zero attached hydrogens (tertiary/aromatic N) is 4. The Hall–Kier alpha value is -4.16. The Morgan fingerprint density at radius 1 is 1.32 bits per heavy atom. The molecule has 1 aliphatic rings. The second-order valence-corrected chi connectivity index (χ2v) is 8.49. The molecule has 9 nitrogen and oxygen atoms in total. The highest BCUT2D eigenvalue weighted by atomic mass is 16.5. The molecule has 4 rings (SSSR count). The Balaban J connectivity index is 1.46. The number of amides is 2. The fraction of sp³-hybridized carbons (Fsp3) is 0.280. The van der Waals surface area contributed by atoms with Crippen LogP contribution in [0.2, 0.25) is 0 Å². The fourth-order valence-corrected chi connectivity index (χ4v) is 3.39. The molecule has 0 fully saturated rings. The van der Waals surface area contributed by atoms with Gasteiger partial charge in [-0.25, -0.2) is 4.79 Å². The predicted molar refractivity (Wildman–Crippen MR) is 126 cm³/mol. The number of anilines is 1. The maximum Gasteiger partial charge on any atom is 0.342 e. The first-order chi connectivity index (χ1) is 16.2. The topological polar surface area (TPSA) is 110 Å². The average molecular weight is 460 g/mol. The standard InChI is InChI=1S/C25H25N5O4/c1-25(2,33)10-9-17-7-8-22-21(13-17)29(3)23(31)20(16-34-22)28-24(32)30-15-18(14-27-30)12-19-6-4-5-11-26-19/h4-8,11,13-15,20,33H,12,16H2,1-3H3,(H,28,32)/t20-/m0/s1. The van der Waals surface area contributed by atoms with Crippen molar-refractivity contribution in [3.8, 4) is 17.6 Å². The van der Waals surface area contributed by atoms with Crippen molar-refractivity contribution in [2.75, 3.05) is 18.6 Å². The molecular weight excluding hydrogens is 434 g/mol. The maximum absolute atomic E-state index is 13.1. The average Bonchev–Trinajstić information content (AvgIpc) is 3.24. The SMILES string of the molecule is CN1C(=O)[C@@H](NC(=O)n2cc(Cc3ccccn3)cn2)COc2ccc(C#CC(C)(C)O)cc21. The van der Waals surface area contributed by atoms with Gasteiger partial charge < -0.3 is 20.1 Å². The minimum Gasteiger partial charge on any atom is -0.489 e. The molecule has 0 aliphatic carbocycles. The normalized spacial score (nSPS) is 15.5. The molecule has 0 bridgehead atoms. The van der Waals surface area contributed by atoms with E-state index >= 15 is 0 Å². The lowest BCUT2D eigenvalue weighted by Gasteiger charge is -2.20. The Bertz CT molecular complexity index is 1270. The second-order valence-electron chi connectivity index (χ2n) is 8.49. The van der Waals surface area contributed by atoms with E-state index in [1.807, 2.05) is 18.2 Å². The fourth-order valence-electron chi connectivity index (χ4n) is 3.39. The zero-order chi connectivity index (χ0) is 24.3. The quantitative estimate of drug-likeness (QED) is 0.580. The van der Waals surface area contributed by atoms with Crippen molar-refractivity contribution in [1.29, 1.82) is 0 Å². The number of benzene rings is 1. The van der Waals surface area contributed by atoms with Crippen LogP contribution in [0.4, 0.5) is 10.5 Å². The van der Waals surface area contributed by atoms with Gasteiger partial charge in [-0.1, -0.05) is 17.9 Å². The molecule has 34 heavy (non-hydrogen) atoms. The molecule has 3 heterocycles. The maximum atomic E-state index is 13.1. The smallest absolute Gasteiger partial charge is 0.342 e. The molecule has 1 atom stereocenters. The van der Waals surface area contributed by atoms with Crippen LogP contribution in [0.1, 0.15) is 30.7 Å². The first kappa shape index (κ1) is 23.0. The van der Waals surface area contributed by atoms with Crippen molar-refractivity contribution >= 4 is 17.6 Å². The van der Waals surface area contributed by atoms with Gasteiger partial charge in [0, 0.05) is 37.1 Å². The number of hydrogen-bond acceptors (Lipinski definition) is 6. The lowest BCUT2D eigenvalue weighted by Crippen LogP contribution is -2.50. The van der Waals surface area contributed by atoms with E-state index in [0.29, 0.717) is 23.4 Å². The number of carbonyl (C=O) groups is 2. The number of nitrogens with one attached hydrogen (secondary N) is 1. The van der Waals surface area contributed by atoms with Gasteiger partial charge >= 0.3 is 6.03 Å². The van der Waals surface area contributed by atoms with E-state index < -0.39 is 17.7 Å². The summed E-state index contributed by atoms with van der Waals surface area (Å²) in [5.74, 6) is 5.81. The third kappa shape index (κ3) is 5.42. The molecule has 2 amide bonds. The van der Waals surface area contributed by atoms with Crippen molar-refractivity contribution in [3.63, 3.8) is 0 Å². The van der Waals surface area contributed by atoms with Crippen LogP contribution in [0.3, 0.4) is 0 Å². The van der Waals surface area contributed by atoms with E-state index in [-0.39, 0.29) is 12.5 Å². The van der Waals surface area contributed by atoms with Gasteiger partial charge in [0.15, 0.2) is 0 Å². The van der Waals surface area contributed by atoms with E-state index in [2.05, 4.69) is 27.2 Å². The Morgan fingerprint density at radius 3 is 2.88 bits per heavy atom. The van der Waals surface area contributed by atoms with E-state index in [1.54, 1.807) is 57.7 Å². The van der Waals surface area contributed by atoms with Gasteiger partial charge in [0.2, 0.25) is 0 Å².